The van der Waals surface area contributed by atoms with Crippen LogP contribution >= 0.6 is 43.2 Å². The number of para-hydroxylation sites is 1. The molecule has 0 atom stereocenters. The van der Waals surface area contributed by atoms with Gasteiger partial charge in [0.15, 0.2) is 4.96 Å². The lowest BCUT2D eigenvalue weighted by atomic mass is 10.3. The van der Waals surface area contributed by atoms with Gasteiger partial charge in [-0.25, -0.2) is 4.98 Å². The van der Waals surface area contributed by atoms with Crippen molar-refractivity contribution in [3.63, 3.8) is 0 Å². The van der Waals surface area contributed by atoms with Crippen LogP contribution in [0.1, 0.15) is 17.1 Å². The summed E-state index contributed by atoms with van der Waals surface area (Å²) in [5.41, 5.74) is 4.58. The van der Waals surface area contributed by atoms with E-state index in [1.807, 2.05) is 18.2 Å². The Hall–Kier alpha value is -0.850. The van der Waals surface area contributed by atoms with Gasteiger partial charge < -0.3 is 5.32 Å². The van der Waals surface area contributed by atoms with Gasteiger partial charge in [-0.15, -0.1) is 11.3 Å². The first-order valence-corrected chi connectivity index (χ1v) is 8.64. The van der Waals surface area contributed by atoms with Gasteiger partial charge in [0.05, 0.1) is 23.6 Å². The Morgan fingerprint density at radius 2 is 1.95 bits per heavy atom. The average molecular weight is 415 g/mol. The molecule has 0 aliphatic heterocycles. The van der Waals surface area contributed by atoms with Gasteiger partial charge in [-0.1, -0.05) is 6.07 Å². The molecule has 3 aromatic rings. The number of rotatable bonds is 3. The summed E-state index contributed by atoms with van der Waals surface area (Å²) in [6, 6.07) is 6.06. The zero-order valence-corrected chi connectivity index (χ0v) is 15.1. The predicted molar refractivity (Wildman–Crippen MR) is 91.7 cm³/mol. The SMILES string of the molecule is Cc1nc2scc(C)n2c1CNc1c(Br)cccc1Br. The number of anilines is 1. The molecule has 1 N–H and O–H groups in total. The lowest BCUT2D eigenvalue weighted by Crippen LogP contribution is -2.05. The van der Waals surface area contributed by atoms with Crippen LogP contribution in [0.5, 0.6) is 0 Å². The van der Waals surface area contributed by atoms with Crippen LogP contribution in [0.2, 0.25) is 0 Å². The van der Waals surface area contributed by atoms with Crippen molar-refractivity contribution in [2.75, 3.05) is 5.32 Å². The molecule has 0 aliphatic rings. The third-order valence-electron chi connectivity index (χ3n) is 3.23. The monoisotopic (exact) mass is 413 g/mol. The van der Waals surface area contributed by atoms with E-state index in [-0.39, 0.29) is 0 Å². The number of aryl methyl sites for hydroxylation is 2. The molecule has 1 aromatic carbocycles. The molecule has 2 heterocycles. The minimum absolute atomic E-state index is 0.742. The molecule has 0 amide bonds. The summed E-state index contributed by atoms with van der Waals surface area (Å²) in [6.45, 7) is 4.92. The Labute approximate surface area is 138 Å². The second kappa shape index (κ2) is 5.50. The van der Waals surface area contributed by atoms with E-state index in [0.717, 1.165) is 31.8 Å². The summed E-state index contributed by atoms with van der Waals surface area (Å²) in [5, 5.41) is 5.62. The van der Waals surface area contributed by atoms with Gasteiger partial charge in [0.2, 0.25) is 0 Å². The molecule has 0 aliphatic carbocycles. The highest BCUT2D eigenvalue weighted by Crippen LogP contribution is 2.31. The Kier molecular flexibility index (Phi) is 3.88. The number of nitrogens with one attached hydrogen (secondary N) is 1. The number of thiazole rings is 1. The number of aromatic nitrogens is 2. The number of benzene rings is 1. The van der Waals surface area contributed by atoms with Gasteiger partial charge in [0.1, 0.15) is 0 Å². The van der Waals surface area contributed by atoms with Gasteiger partial charge in [-0.2, -0.15) is 0 Å². The second-order valence-corrected chi connectivity index (χ2v) is 7.13. The summed E-state index contributed by atoms with van der Waals surface area (Å²) >= 11 is 8.83. The largest absolute Gasteiger partial charge is 0.378 e. The topological polar surface area (TPSA) is 29.3 Å². The Balaban J connectivity index is 1.94. The van der Waals surface area contributed by atoms with Crippen LogP contribution in [0.25, 0.3) is 4.96 Å². The maximum Gasteiger partial charge on any atom is 0.194 e. The van der Waals surface area contributed by atoms with E-state index in [0.29, 0.717) is 0 Å². The zero-order valence-electron chi connectivity index (χ0n) is 11.1. The minimum atomic E-state index is 0.742. The summed E-state index contributed by atoms with van der Waals surface area (Å²) in [4.78, 5) is 5.67. The molecule has 104 valence electrons. The van der Waals surface area contributed by atoms with Crippen molar-refractivity contribution in [1.82, 2.24) is 9.38 Å². The van der Waals surface area contributed by atoms with Crippen molar-refractivity contribution in [3.8, 4) is 0 Å². The van der Waals surface area contributed by atoms with Crippen LogP contribution < -0.4 is 5.32 Å². The van der Waals surface area contributed by atoms with E-state index in [1.54, 1.807) is 11.3 Å². The average Bonchev–Trinajstić information content (AvgIpc) is 2.90. The van der Waals surface area contributed by atoms with Crippen LogP contribution in [0.15, 0.2) is 32.5 Å². The number of nitrogens with zero attached hydrogens (tertiary/aromatic N) is 2. The zero-order chi connectivity index (χ0) is 14.3. The van der Waals surface area contributed by atoms with Crippen LogP contribution in [0.4, 0.5) is 5.69 Å². The van der Waals surface area contributed by atoms with Gasteiger partial charge in [0, 0.05) is 20.0 Å². The smallest absolute Gasteiger partial charge is 0.194 e. The number of hydrogen-bond acceptors (Lipinski definition) is 3. The van der Waals surface area contributed by atoms with E-state index in [2.05, 4.69) is 65.8 Å². The first kappa shape index (κ1) is 14.1. The molecule has 6 heteroatoms. The van der Waals surface area contributed by atoms with Gasteiger partial charge in [-0.3, -0.25) is 4.40 Å². The third-order valence-corrected chi connectivity index (χ3v) is 5.49. The fraction of sp³-hybridized carbons (Fsp3) is 0.214. The number of halogens is 2. The highest BCUT2D eigenvalue weighted by molar-refractivity contribution is 9.11. The first-order valence-electron chi connectivity index (χ1n) is 6.18. The van der Waals surface area contributed by atoms with Crippen LogP contribution in [0, 0.1) is 13.8 Å². The summed E-state index contributed by atoms with van der Waals surface area (Å²) in [6.07, 6.45) is 0. The van der Waals surface area contributed by atoms with Gasteiger partial charge in [-0.05, 0) is 57.8 Å². The molecule has 3 nitrogen and oxygen atoms in total. The molecule has 0 radical (unpaired) electrons. The van der Waals surface area contributed by atoms with Crippen molar-refractivity contribution >= 4 is 53.8 Å². The van der Waals surface area contributed by atoms with E-state index < -0.39 is 0 Å². The van der Waals surface area contributed by atoms with Gasteiger partial charge in [0.25, 0.3) is 0 Å². The van der Waals surface area contributed by atoms with E-state index in [4.69, 9.17) is 0 Å². The van der Waals surface area contributed by atoms with Crippen LogP contribution in [0.3, 0.4) is 0 Å². The maximum atomic E-state index is 4.61. The van der Waals surface area contributed by atoms with Crippen molar-refractivity contribution in [3.05, 3.63) is 49.6 Å². The highest BCUT2D eigenvalue weighted by Gasteiger charge is 2.13. The predicted octanol–water partition coefficient (Wildman–Crippen LogP) is 5.15. The first-order chi connectivity index (χ1) is 9.58. The van der Waals surface area contributed by atoms with Crippen LogP contribution in [-0.4, -0.2) is 9.38 Å². The number of hydrogen-bond donors (Lipinski definition) is 1. The standard InChI is InChI=1S/C14H13Br2N3S/c1-8-7-20-14-18-9(2)12(19(8)14)6-17-13-10(15)4-3-5-11(13)16/h3-5,7,17H,6H2,1-2H3. The van der Waals surface area contributed by atoms with Crippen molar-refractivity contribution < 1.29 is 0 Å². The van der Waals surface area contributed by atoms with E-state index in [1.165, 1.54) is 11.4 Å². The molecular weight excluding hydrogens is 402 g/mol. The molecule has 0 saturated carbocycles. The van der Waals surface area contributed by atoms with Gasteiger partial charge >= 0.3 is 0 Å². The molecule has 0 fully saturated rings. The van der Waals surface area contributed by atoms with Crippen molar-refractivity contribution in [2.24, 2.45) is 0 Å². The highest BCUT2D eigenvalue weighted by atomic mass is 79.9. The maximum absolute atomic E-state index is 4.61. The number of fused-ring (bicyclic) bond motifs is 1. The molecule has 2 aromatic heterocycles. The summed E-state index contributed by atoms with van der Waals surface area (Å²) in [7, 11) is 0. The Morgan fingerprint density at radius 3 is 2.65 bits per heavy atom. The molecule has 0 saturated heterocycles. The lowest BCUT2D eigenvalue weighted by Gasteiger charge is -2.11. The summed E-state index contributed by atoms with van der Waals surface area (Å²) < 4.78 is 4.32. The fourth-order valence-electron chi connectivity index (χ4n) is 2.21. The Bertz CT molecular complexity index is 756. The lowest BCUT2D eigenvalue weighted by molar-refractivity contribution is 0.965. The van der Waals surface area contributed by atoms with Crippen molar-refractivity contribution in [2.45, 2.75) is 20.4 Å². The van der Waals surface area contributed by atoms with E-state index in [9.17, 15) is 0 Å². The molecular formula is C14H13Br2N3S. The third kappa shape index (κ3) is 2.40. The molecule has 0 unspecified atom stereocenters. The minimum Gasteiger partial charge on any atom is -0.378 e. The summed E-state index contributed by atoms with van der Waals surface area (Å²) in [5.74, 6) is 0. The molecule has 0 spiro atoms. The fourth-order valence-corrected chi connectivity index (χ4v) is 4.42. The number of imidazole rings is 1. The Morgan fingerprint density at radius 1 is 1.25 bits per heavy atom. The molecule has 3 rings (SSSR count). The van der Waals surface area contributed by atoms with E-state index >= 15 is 0 Å². The van der Waals surface area contributed by atoms with Crippen molar-refractivity contribution in [1.29, 1.82) is 0 Å². The normalized spacial score (nSPS) is 11.2. The quantitative estimate of drug-likeness (QED) is 0.642. The molecule has 0 bridgehead atoms. The molecule has 20 heavy (non-hydrogen) atoms. The second-order valence-electron chi connectivity index (χ2n) is 4.59. The van der Waals surface area contributed by atoms with Crippen LogP contribution in [-0.2, 0) is 6.54 Å².